The van der Waals surface area contributed by atoms with Gasteiger partial charge in [0, 0.05) is 18.0 Å². The van der Waals surface area contributed by atoms with E-state index in [1.165, 1.54) is 0 Å². The van der Waals surface area contributed by atoms with Crippen molar-refractivity contribution in [2.75, 3.05) is 13.2 Å². The lowest BCUT2D eigenvalue weighted by molar-refractivity contribution is -0.126. The summed E-state index contributed by atoms with van der Waals surface area (Å²) in [5.41, 5.74) is 3.01. The van der Waals surface area contributed by atoms with Gasteiger partial charge in [-0.25, -0.2) is 4.98 Å². The van der Waals surface area contributed by atoms with Gasteiger partial charge in [-0.3, -0.25) is 4.79 Å². The van der Waals surface area contributed by atoms with Crippen LogP contribution in [0.5, 0.6) is 5.75 Å². The van der Waals surface area contributed by atoms with Crippen LogP contribution in [0.15, 0.2) is 42.5 Å². The maximum atomic E-state index is 12.4. The first-order valence-electron chi connectivity index (χ1n) is 8.81. The van der Waals surface area contributed by atoms with E-state index >= 15 is 0 Å². The van der Waals surface area contributed by atoms with Crippen molar-refractivity contribution < 1.29 is 9.53 Å². The molecule has 2 aromatic carbocycles. The van der Waals surface area contributed by atoms with Gasteiger partial charge in [-0.05, 0) is 48.7 Å². The van der Waals surface area contributed by atoms with Crippen LogP contribution < -0.4 is 10.1 Å². The van der Waals surface area contributed by atoms with Crippen molar-refractivity contribution in [2.24, 2.45) is 5.92 Å². The highest BCUT2D eigenvalue weighted by Gasteiger charge is 2.25. The second kappa shape index (κ2) is 7.38. The molecule has 0 spiro atoms. The van der Waals surface area contributed by atoms with E-state index < -0.39 is 0 Å². The molecule has 2 heterocycles. The van der Waals surface area contributed by atoms with E-state index in [0.717, 1.165) is 41.0 Å². The average molecular weight is 370 g/mol. The second-order valence-corrected chi connectivity index (χ2v) is 7.00. The summed E-state index contributed by atoms with van der Waals surface area (Å²) in [6, 6.07) is 13.5. The molecule has 1 aliphatic rings. The van der Waals surface area contributed by atoms with Crippen molar-refractivity contribution in [3.63, 3.8) is 0 Å². The Balaban J connectivity index is 1.26. The van der Waals surface area contributed by atoms with Crippen LogP contribution in [0.1, 0.15) is 17.8 Å². The molecule has 0 bridgehead atoms. The fourth-order valence-corrected chi connectivity index (χ4v) is 3.46. The number of aromatic amines is 1. The van der Waals surface area contributed by atoms with Crippen LogP contribution in [-0.4, -0.2) is 29.0 Å². The van der Waals surface area contributed by atoms with Crippen LogP contribution in [-0.2, 0) is 17.6 Å². The number of aryl methyl sites for hydroxylation is 1. The Labute approximate surface area is 156 Å². The third kappa shape index (κ3) is 3.68. The number of nitrogens with zero attached hydrogens (tertiary/aromatic N) is 1. The summed E-state index contributed by atoms with van der Waals surface area (Å²) in [6.45, 7) is 1.03. The van der Waals surface area contributed by atoms with Gasteiger partial charge in [0.1, 0.15) is 18.2 Å². The van der Waals surface area contributed by atoms with Crippen LogP contribution in [0.3, 0.4) is 0 Å². The Morgan fingerprint density at radius 1 is 1.31 bits per heavy atom. The number of para-hydroxylation sites is 2. The number of rotatable bonds is 5. The normalized spacial score (nSPS) is 16.1. The molecule has 0 radical (unpaired) electrons. The van der Waals surface area contributed by atoms with Gasteiger partial charge in [0.15, 0.2) is 0 Å². The molecule has 5 nitrogen and oxygen atoms in total. The van der Waals surface area contributed by atoms with Gasteiger partial charge in [-0.15, -0.1) is 0 Å². The number of hydrogen-bond donors (Lipinski definition) is 2. The molecule has 0 saturated carbocycles. The smallest absolute Gasteiger partial charge is 0.226 e. The quantitative estimate of drug-likeness (QED) is 0.676. The molecule has 1 amide bonds. The molecule has 2 N–H and O–H groups in total. The first kappa shape index (κ1) is 16.9. The minimum Gasteiger partial charge on any atom is -0.492 e. The van der Waals surface area contributed by atoms with E-state index in [2.05, 4.69) is 15.3 Å². The number of hydrogen-bond acceptors (Lipinski definition) is 3. The molecule has 134 valence electrons. The largest absolute Gasteiger partial charge is 0.492 e. The summed E-state index contributed by atoms with van der Waals surface area (Å²) in [7, 11) is 0. The maximum absolute atomic E-state index is 12.4. The van der Waals surface area contributed by atoms with Crippen molar-refractivity contribution in [1.82, 2.24) is 15.3 Å². The van der Waals surface area contributed by atoms with Crippen molar-refractivity contribution in [2.45, 2.75) is 19.3 Å². The van der Waals surface area contributed by atoms with E-state index in [0.29, 0.717) is 24.6 Å². The summed E-state index contributed by atoms with van der Waals surface area (Å²) in [4.78, 5) is 20.3. The summed E-state index contributed by atoms with van der Waals surface area (Å²) in [6.07, 6.45) is 2.29. The summed E-state index contributed by atoms with van der Waals surface area (Å²) >= 11 is 6.03. The Hall–Kier alpha value is -2.53. The lowest BCUT2D eigenvalue weighted by atomic mass is 9.96. The van der Waals surface area contributed by atoms with E-state index in [-0.39, 0.29) is 11.8 Å². The number of nitrogens with one attached hydrogen (secondary N) is 2. The molecule has 3 aromatic rings. The number of carbonyl (C=O) groups excluding carboxylic acids is 1. The summed E-state index contributed by atoms with van der Waals surface area (Å²) in [5, 5.41) is 3.67. The van der Waals surface area contributed by atoms with Crippen LogP contribution in [0.4, 0.5) is 0 Å². The first-order valence-corrected chi connectivity index (χ1v) is 9.19. The molecule has 6 heteroatoms. The minimum absolute atomic E-state index is 0.0280. The molecule has 26 heavy (non-hydrogen) atoms. The molecule has 0 aliphatic carbocycles. The van der Waals surface area contributed by atoms with Gasteiger partial charge in [0.05, 0.1) is 17.0 Å². The Kier molecular flexibility index (Phi) is 4.80. The number of imidazole rings is 1. The van der Waals surface area contributed by atoms with Crippen LogP contribution in [0, 0.1) is 5.92 Å². The summed E-state index contributed by atoms with van der Waals surface area (Å²) in [5.74, 6) is 1.63. The highest BCUT2D eigenvalue weighted by molar-refractivity contribution is 6.30. The average Bonchev–Trinajstić information content (AvgIpc) is 3.07. The lowest BCUT2D eigenvalue weighted by Gasteiger charge is -2.24. The van der Waals surface area contributed by atoms with Gasteiger partial charge in [0.2, 0.25) is 5.91 Å². The van der Waals surface area contributed by atoms with Gasteiger partial charge < -0.3 is 15.0 Å². The Bertz CT molecular complexity index is 905. The van der Waals surface area contributed by atoms with E-state index in [1.807, 2.05) is 36.4 Å². The Morgan fingerprint density at radius 3 is 3.08 bits per heavy atom. The van der Waals surface area contributed by atoms with E-state index in [1.54, 1.807) is 6.07 Å². The molecule has 1 aliphatic heterocycles. The maximum Gasteiger partial charge on any atom is 0.226 e. The number of fused-ring (bicyclic) bond motifs is 2. The van der Waals surface area contributed by atoms with Crippen LogP contribution in [0.25, 0.3) is 11.0 Å². The number of aromatic nitrogens is 2. The fraction of sp³-hybridized carbons (Fsp3) is 0.300. The number of halogens is 1. The molecule has 1 atom stereocenters. The Morgan fingerprint density at radius 2 is 2.19 bits per heavy atom. The standard InChI is InChI=1S/C20H20ClN3O2/c21-15-7-8-18-13(11-15)10-14(12-26-18)20(25)22-9-3-6-19-23-16-4-1-2-5-17(16)24-19/h1-2,4-5,7-8,11,14H,3,6,9-10,12H2,(H,22,25)(H,23,24). The third-order valence-electron chi connectivity index (χ3n) is 4.63. The molecular formula is C20H20ClN3O2. The molecule has 1 aromatic heterocycles. The number of benzene rings is 2. The zero-order valence-electron chi connectivity index (χ0n) is 14.3. The van der Waals surface area contributed by atoms with Crippen molar-refractivity contribution in [3.8, 4) is 5.75 Å². The number of amides is 1. The molecule has 0 fully saturated rings. The topological polar surface area (TPSA) is 67.0 Å². The van der Waals surface area contributed by atoms with Crippen molar-refractivity contribution >= 4 is 28.5 Å². The number of H-pyrrole nitrogens is 1. The number of carbonyl (C=O) groups is 1. The van der Waals surface area contributed by atoms with Crippen LogP contribution in [0.2, 0.25) is 5.02 Å². The number of ether oxygens (including phenoxy) is 1. The van der Waals surface area contributed by atoms with Gasteiger partial charge in [-0.1, -0.05) is 23.7 Å². The molecule has 0 saturated heterocycles. The monoisotopic (exact) mass is 369 g/mol. The predicted octanol–water partition coefficient (Wildman–Crippen LogP) is 3.52. The van der Waals surface area contributed by atoms with Gasteiger partial charge in [-0.2, -0.15) is 0 Å². The first-order chi connectivity index (χ1) is 12.7. The minimum atomic E-state index is -0.174. The van der Waals surface area contributed by atoms with E-state index in [4.69, 9.17) is 16.3 Å². The van der Waals surface area contributed by atoms with Crippen molar-refractivity contribution in [3.05, 3.63) is 58.9 Å². The molecular weight excluding hydrogens is 350 g/mol. The summed E-state index contributed by atoms with van der Waals surface area (Å²) < 4.78 is 5.69. The SMILES string of the molecule is O=C(NCCCc1nc2ccccc2[nH]1)C1COc2ccc(Cl)cc2C1. The zero-order chi connectivity index (χ0) is 17.9. The van der Waals surface area contributed by atoms with E-state index in [9.17, 15) is 4.79 Å². The van der Waals surface area contributed by atoms with Crippen molar-refractivity contribution in [1.29, 1.82) is 0 Å². The fourth-order valence-electron chi connectivity index (χ4n) is 3.27. The lowest BCUT2D eigenvalue weighted by Crippen LogP contribution is -2.37. The van der Waals surface area contributed by atoms with Gasteiger partial charge >= 0.3 is 0 Å². The van der Waals surface area contributed by atoms with Crippen LogP contribution >= 0.6 is 11.6 Å². The second-order valence-electron chi connectivity index (χ2n) is 6.56. The molecule has 1 unspecified atom stereocenters. The van der Waals surface area contributed by atoms with Gasteiger partial charge in [0.25, 0.3) is 0 Å². The predicted molar refractivity (Wildman–Crippen MR) is 102 cm³/mol. The third-order valence-corrected chi connectivity index (χ3v) is 4.86. The molecule has 4 rings (SSSR count). The highest BCUT2D eigenvalue weighted by atomic mass is 35.5. The highest BCUT2D eigenvalue weighted by Crippen LogP contribution is 2.29. The zero-order valence-corrected chi connectivity index (χ0v) is 15.1.